The molecule has 0 spiro atoms. The van der Waals surface area contributed by atoms with Gasteiger partial charge in [-0.15, -0.1) is 0 Å². The number of unbranched alkanes of at least 4 members (excludes halogenated alkanes) is 5. The van der Waals surface area contributed by atoms with Gasteiger partial charge in [0, 0.05) is 19.3 Å². The van der Waals surface area contributed by atoms with Gasteiger partial charge in [-0.2, -0.15) is 0 Å². The van der Waals surface area contributed by atoms with Gasteiger partial charge in [-0.3, -0.25) is 19.0 Å². The Bertz CT molecular complexity index is 1000. The van der Waals surface area contributed by atoms with Crippen LogP contribution in [0.2, 0.25) is 0 Å². The lowest BCUT2D eigenvalue weighted by molar-refractivity contribution is -0.150. The molecule has 0 aliphatic carbocycles. The van der Waals surface area contributed by atoms with Gasteiger partial charge in [-0.25, -0.2) is 9.97 Å². The first kappa shape index (κ1) is 24.6. The molecular formula is C22H30N4O7. The summed E-state index contributed by atoms with van der Waals surface area (Å²) in [5, 5.41) is 10.3. The van der Waals surface area contributed by atoms with Crippen LogP contribution in [-0.4, -0.2) is 55.4 Å². The predicted octanol–water partition coefficient (Wildman–Crippen LogP) is 2.12. The number of aliphatic hydroxyl groups is 1. The molecule has 0 bridgehead atoms. The van der Waals surface area contributed by atoms with E-state index < -0.39 is 18.4 Å². The fourth-order valence-electron chi connectivity index (χ4n) is 3.75. The normalized spacial score (nSPS) is 20.1. The van der Waals surface area contributed by atoms with Crippen molar-refractivity contribution >= 4 is 23.1 Å². The maximum atomic E-state index is 12.0. The molecule has 0 amide bonds. The number of esters is 2. The van der Waals surface area contributed by atoms with Crippen LogP contribution >= 0.6 is 0 Å². The van der Waals surface area contributed by atoms with Gasteiger partial charge in [0.05, 0.1) is 25.0 Å². The number of nitrogens with one attached hydrogen (secondary N) is 1. The minimum absolute atomic E-state index is 0.0437. The summed E-state index contributed by atoms with van der Waals surface area (Å²) in [7, 11) is 0. The molecule has 1 saturated heterocycles. The predicted molar refractivity (Wildman–Crippen MR) is 117 cm³/mol. The Labute approximate surface area is 190 Å². The van der Waals surface area contributed by atoms with Crippen molar-refractivity contribution in [1.82, 2.24) is 19.5 Å². The number of fused-ring (bicyclic) bond motifs is 1. The van der Waals surface area contributed by atoms with Crippen LogP contribution in [0.5, 0.6) is 0 Å². The quantitative estimate of drug-likeness (QED) is 0.260. The van der Waals surface area contributed by atoms with Gasteiger partial charge in [-0.05, 0) is 12.8 Å². The van der Waals surface area contributed by atoms with E-state index in [2.05, 4.69) is 26.3 Å². The molecule has 0 saturated carbocycles. The first-order chi connectivity index (χ1) is 16.0. The lowest BCUT2D eigenvalue weighted by Gasteiger charge is -2.15. The maximum absolute atomic E-state index is 12.0. The molecule has 3 atom stereocenters. The molecule has 1 aliphatic rings. The summed E-state index contributed by atoms with van der Waals surface area (Å²) >= 11 is 0. The molecule has 2 aromatic rings. The monoisotopic (exact) mass is 462 g/mol. The number of aliphatic hydroxyl groups excluding tert-OH is 1. The SMILES string of the molecule is C=COC(=O)CCCCCCCCC(=O)OC[C@H]1O[C@@H](n2cnc3c(=O)[nH]cnc32)C[C@@H]1O. The second kappa shape index (κ2) is 12.3. The topological polar surface area (TPSA) is 146 Å². The Morgan fingerprint density at radius 2 is 1.88 bits per heavy atom. The van der Waals surface area contributed by atoms with Gasteiger partial charge in [0.2, 0.25) is 0 Å². The Balaban J connectivity index is 1.30. The van der Waals surface area contributed by atoms with Crippen LogP contribution in [0.4, 0.5) is 0 Å². The van der Waals surface area contributed by atoms with Crippen molar-refractivity contribution in [3.05, 3.63) is 35.8 Å². The number of rotatable bonds is 13. The van der Waals surface area contributed by atoms with Gasteiger partial charge in [-0.1, -0.05) is 32.3 Å². The molecule has 3 rings (SSSR count). The zero-order chi connectivity index (χ0) is 23.6. The van der Waals surface area contributed by atoms with Gasteiger partial charge >= 0.3 is 11.9 Å². The van der Waals surface area contributed by atoms with E-state index in [4.69, 9.17) is 9.47 Å². The number of ether oxygens (including phenoxy) is 3. The molecule has 1 fully saturated rings. The lowest BCUT2D eigenvalue weighted by Crippen LogP contribution is -2.28. The summed E-state index contributed by atoms with van der Waals surface area (Å²) < 4.78 is 17.4. The summed E-state index contributed by atoms with van der Waals surface area (Å²) in [6, 6.07) is 0. The second-order valence-electron chi connectivity index (χ2n) is 7.95. The van der Waals surface area contributed by atoms with E-state index in [0.717, 1.165) is 44.8 Å². The smallest absolute Gasteiger partial charge is 0.310 e. The summed E-state index contributed by atoms with van der Waals surface area (Å²) in [6.07, 6.45) is 8.11. The molecule has 0 radical (unpaired) electrons. The maximum Gasteiger partial charge on any atom is 0.310 e. The fraction of sp³-hybridized carbons (Fsp3) is 0.591. The standard InChI is InChI=1S/C22H30N4O7/c1-2-31-18(28)9-7-5-3-4-6-8-10-19(29)32-12-16-15(27)11-17(33-16)26-14-25-20-21(26)23-13-24-22(20)30/h2,13-17,27H,1,3-12H2,(H,23,24,30)/t15-,16+,17+/m0/s1. The number of hydrogen-bond donors (Lipinski definition) is 2. The Hall–Kier alpha value is -3.05. The molecule has 11 nitrogen and oxygen atoms in total. The Kier molecular flexibility index (Phi) is 9.14. The van der Waals surface area contributed by atoms with Crippen molar-refractivity contribution in [2.75, 3.05) is 6.61 Å². The Morgan fingerprint density at radius 3 is 2.61 bits per heavy atom. The highest BCUT2D eigenvalue weighted by Crippen LogP contribution is 2.30. The second-order valence-corrected chi connectivity index (χ2v) is 7.95. The highest BCUT2D eigenvalue weighted by molar-refractivity contribution is 5.70. The van der Waals surface area contributed by atoms with Crippen LogP contribution in [0.15, 0.2) is 30.3 Å². The van der Waals surface area contributed by atoms with Crippen LogP contribution in [0.3, 0.4) is 0 Å². The third-order valence-electron chi connectivity index (χ3n) is 5.51. The number of H-pyrrole nitrogens is 1. The number of aromatic amines is 1. The van der Waals surface area contributed by atoms with Gasteiger partial charge in [0.25, 0.3) is 5.56 Å². The number of nitrogens with zero attached hydrogens (tertiary/aromatic N) is 3. The average Bonchev–Trinajstić information content (AvgIpc) is 3.38. The van der Waals surface area contributed by atoms with Crippen molar-refractivity contribution in [1.29, 1.82) is 0 Å². The number of carbonyl (C=O) groups excluding carboxylic acids is 2. The minimum Gasteiger partial charge on any atom is -0.463 e. The van der Waals surface area contributed by atoms with Crippen molar-refractivity contribution in [2.45, 2.75) is 76.2 Å². The minimum atomic E-state index is -0.814. The van der Waals surface area contributed by atoms with Crippen molar-refractivity contribution < 1.29 is 28.9 Å². The molecule has 2 aromatic heterocycles. The summed E-state index contributed by atoms with van der Waals surface area (Å²) in [6.45, 7) is 3.30. The average molecular weight is 463 g/mol. The number of imidazole rings is 1. The fourth-order valence-corrected chi connectivity index (χ4v) is 3.75. The number of aromatic nitrogens is 4. The van der Waals surface area contributed by atoms with Crippen LogP contribution in [-0.2, 0) is 23.8 Å². The molecule has 0 unspecified atom stereocenters. The third kappa shape index (κ3) is 6.96. The molecular weight excluding hydrogens is 432 g/mol. The van der Waals surface area contributed by atoms with Crippen LogP contribution in [0, 0.1) is 0 Å². The van der Waals surface area contributed by atoms with E-state index in [1.807, 2.05) is 0 Å². The zero-order valence-electron chi connectivity index (χ0n) is 18.5. The molecule has 3 heterocycles. The molecule has 33 heavy (non-hydrogen) atoms. The van der Waals surface area contributed by atoms with Crippen molar-refractivity contribution in [3.8, 4) is 0 Å². The van der Waals surface area contributed by atoms with Crippen LogP contribution in [0.1, 0.15) is 64.0 Å². The van der Waals surface area contributed by atoms with Gasteiger partial charge < -0.3 is 24.3 Å². The van der Waals surface area contributed by atoms with E-state index in [1.165, 1.54) is 12.7 Å². The van der Waals surface area contributed by atoms with E-state index in [1.54, 1.807) is 4.57 Å². The molecule has 1 aliphatic heterocycles. The third-order valence-corrected chi connectivity index (χ3v) is 5.51. The largest absolute Gasteiger partial charge is 0.463 e. The zero-order valence-corrected chi connectivity index (χ0v) is 18.5. The summed E-state index contributed by atoms with van der Waals surface area (Å²) in [4.78, 5) is 45.6. The number of carbonyl (C=O) groups is 2. The van der Waals surface area contributed by atoms with E-state index in [-0.39, 0.29) is 36.0 Å². The van der Waals surface area contributed by atoms with E-state index in [0.29, 0.717) is 18.5 Å². The Morgan fingerprint density at radius 1 is 1.18 bits per heavy atom. The van der Waals surface area contributed by atoms with E-state index >= 15 is 0 Å². The van der Waals surface area contributed by atoms with Crippen LogP contribution < -0.4 is 5.56 Å². The number of hydrogen-bond acceptors (Lipinski definition) is 9. The summed E-state index contributed by atoms with van der Waals surface area (Å²) in [5.41, 5.74) is 0.210. The van der Waals surface area contributed by atoms with E-state index in [9.17, 15) is 19.5 Å². The highest BCUT2D eigenvalue weighted by Gasteiger charge is 2.36. The molecule has 11 heteroatoms. The molecule has 2 N–H and O–H groups in total. The highest BCUT2D eigenvalue weighted by atomic mass is 16.6. The van der Waals surface area contributed by atoms with Crippen molar-refractivity contribution in [2.24, 2.45) is 0 Å². The van der Waals surface area contributed by atoms with Gasteiger partial charge in [0.15, 0.2) is 11.2 Å². The summed E-state index contributed by atoms with van der Waals surface area (Å²) in [5.74, 6) is -0.594. The first-order valence-electron chi connectivity index (χ1n) is 11.2. The molecule has 180 valence electrons. The van der Waals surface area contributed by atoms with Gasteiger partial charge in [0.1, 0.15) is 18.9 Å². The first-order valence-corrected chi connectivity index (χ1v) is 11.2. The van der Waals surface area contributed by atoms with Crippen LogP contribution in [0.25, 0.3) is 11.2 Å². The lowest BCUT2D eigenvalue weighted by atomic mass is 10.1. The van der Waals surface area contributed by atoms with Crippen molar-refractivity contribution in [3.63, 3.8) is 0 Å². The molecule has 0 aromatic carbocycles.